The van der Waals surface area contributed by atoms with Gasteiger partial charge < -0.3 is 14.4 Å². The Morgan fingerprint density at radius 2 is 1.82 bits per heavy atom. The minimum atomic E-state index is 0.163. The highest BCUT2D eigenvalue weighted by Crippen LogP contribution is 2.28. The molecule has 4 rings (SSSR count). The molecule has 5 nitrogen and oxygen atoms in total. The fraction of sp³-hybridized carbons (Fsp3) is 0.500. The Morgan fingerprint density at radius 3 is 2.50 bits per heavy atom. The van der Waals surface area contributed by atoms with Crippen molar-refractivity contribution in [1.82, 2.24) is 9.80 Å². The fourth-order valence-corrected chi connectivity index (χ4v) is 5.14. The maximum atomic E-state index is 13.0. The zero-order chi connectivity index (χ0) is 19.5. The Hall–Kier alpha value is -2.05. The van der Waals surface area contributed by atoms with Gasteiger partial charge in [0.1, 0.15) is 11.5 Å². The molecule has 3 heterocycles. The van der Waals surface area contributed by atoms with E-state index in [1.807, 2.05) is 17.4 Å². The van der Waals surface area contributed by atoms with Crippen molar-refractivity contribution >= 4 is 17.2 Å². The van der Waals surface area contributed by atoms with Gasteiger partial charge in [0, 0.05) is 36.5 Å². The Kier molecular flexibility index (Phi) is 5.87. The first kappa shape index (κ1) is 19.3. The molecule has 1 aromatic heterocycles. The van der Waals surface area contributed by atoms with E-state index in [-0.39, 0.29) is 5.92 Å². The average Bonchev–Trinajstić information content (AvgIpc) is 3.21. The predicted octanol–water partition coefficient (Wildman–Crippen LogP) is 3.56. The van der Waals surface area contributed by atoms with Crippen LogP contribution in [0.15, 0.2) is 29.6 Å². The molecule has 1 saturated heterocycles. The van der Waals surface area contributed by atoms with Gasteiger partial charge in [-0.1, -0.05) is 0 Å². The molecule has 6 heteroatoms. The Balaban J connectivity index is 1.32. The first-order valence-electron chi connectivity index (χ1n) is 9.94. The summed E-state index contributed by atoms with van der Waals surface area (Å²) in [7, 11) is 3.35. The number of benzene rings is 1. The van der Waals surface area contributed by atoms with E-state index in [1.165, 1.54) is 16.0 Å². The third kappa shape index (κ3) is 4.18. The van der Waals surface area contributed by atoms with Gasteiger partial charge in [-0.3, -0.25) is 9.69 Å². The lowest BCUT2D eigenvalue weighted by molar-refractivity contribution is -0.138. The van der Waals surface area contributed by atoms with Crippen LogP contribution in [0.1, 0.15) is 28.8 Å². The molecule has 0 aliphatic carbocycles. The molecule has 2 aliphatic rings. The number of piperidine rings is 1. The van der Waals surface area contributed by atoms with E-state index in [0.29, 0.717) is 5.91 Å². The lowest BCUT2D eigenvalue weighted by atomic mass is 9.94. The van der Waals surface area contributed by atoms with Crippen LogP contribution in [0.25, 0.3) is 0 Å². The van der Waals surface area contributed by atoms with E-state index in [1.54, 1.807) is 14.2 Å². The molecule has 0 bridgehead atoms. The van der Waals surface area contributed by atoms with Gasteiger partial charge in [0.05, 0.1) is 14.2 Å². The maximum Gasteiger partial charge on any atom is 0.226 e. The van der Waals surface area contributed by atoms with Crippen LogP contribution in [0, 0.1) is 5.92 Å². The van der Waals surface area contributed by atoms with Crippen molar-refractivity contribution in [3.8, 4) is 11.5 Å². The highest BCUT2D eigenvalue weighted by Gasteiger charge is 2.30. The zero-order valence-electron chi connectivity index (χ0n) is 16.6. The summed E-state index contributed by atoms with van der Waals surface area (Å²) >= 11 is 1.82. The lowest BCUT2D eigenvalue weighted by Crippen LogP contribution is -2.43. The highest BCUT2D eigenvalue weighted by molar-refractivity contribution is 7.10. The third-order valence-electron chi connectivity index (χ3n) is 5.87. The largest absolute Gasteiger partial charge is 0.497 e. The molecular weight excluding hydrogens is 372 g/mol. The number of nitrogens with zero attached hydrogens (tertiary/aromatic N) is 2. The Labute approximate surface area is 170 Å². The van der Waals surface area contributed by atoms with Crippen molar-refractivity contribution in [1.29, 1.82) is 0 Å². The van der Waals surface area contributed by atoms with Crippen LogP contribution < -0.4 is 9.47 Å². The quantitative estimate of drug-likeness (QED) is 0.770. The topological polar surface area (TPSA) is 42.0 Å². The number of hydrogen-bond donors (Lipinski definition) is 0. The Morgan fingerprint density at radius 1 is 1.11 bits per heavy atom. The molecule has 0 saturated carbocycles. The second-order valence-electron chi connectivity index (χ2n) is 7.65. The molecule has 2 aliphatic heterocycles. The number of ether oxygens (including phenoxy) is 2. The second-order valence-corrected chi connectivity index (χ2v) is 8.65. The van der Waals surface area contributed by atoms with Gasteiger partial charge in [0.2, 0.25) is 5.91 Å². The minimum Gasteiger partial charge on any atom is -0.497 e. The van der Waals surface area contributed by atoms with Crippen LogP contribution >= 0.6 is 11.3 Å². The maximum absolute atomic E-state index is 13.0. The van der Waals surface area contributed by atoms with Gasteiger partial charge in [-0.05, 0) is 67.1 Å². The molecular formula is C22H28N2O3S. The van der Waals surface area contributed by atoms with Crippen molar-refractivity contribution in [3.05, 3.63) is 45.6 Å². The minimum absolute atomic E-state index is 0.163. The number of carbonyl (C=O) groups is 1. The predicted molar refractivity (Wildman–Crippen MR) is 111 cm³/mol. The summed E-state index contributed by atoms with van der Waals surface area (Å²) in [6, 6.07) is 8.19. The van der Waals surface area contributed by atoms with Crippen LogP contribution in [0.5, 0.6) is 11.5 Å². The summed E-state index contributed by atoms with van der Waals surface area (Å²) in [6.45, 7) is 4.43. The number of likely N-dealkylation sites (tertiary alicyclic amines) is 1. The summed E-state index contributed by atoms with van der Waals surface area (Å²) in [5.41, 5.74) is 2.52. The number of rotatable bonds is 5. The monoisotopic (exact) mass is 400 g/mol. The van der Waals surface area contributed by atoms with Gasteiger partial charge in [0.25, 0.3) is 0 Å². The fourth-order valence-electron chi connectivity index (χ4n) is 4.25. The molecule has 0 N–H and O–H groups in total. The summed E-state index contributed by atoms with van der Waals surface area (Å²) in [6.07, 6.45) is 2.88. The SMILES string of the molecule is COc1cc(CN2CCC(C(=O)N3CCc4sccc4C3)CC2)cc(OC)c1. The normalized spacial score (nSPS) is 18.0. The van der Waals surface area contributed by atoms with E-state index in [4.69, 9.17) is 9.47 Å². The van der Waals surface area contributed by atoms with Gasteiger partial charge in [0.15, 0.2) is 0 Å². The van der Waals surface area contributed by atoms with Gasteiger partial charge in [-0.15, -0.1) is 11.3 Å². The number of fused-ring (bicyclic) bond motifs is 1. The first-order chi connectivity index (χ1) is 13.7. The molecule has 0 unspecified atom stereocenters. The molecule has 0 spiro atoms. The van der Waals surface area contributed by atoms with Crippen LogP contribution in [0.3, 0.4) is 0 Å². The van der Waals surface area contributed by atoms with Crippen LogP contribution in [-0.2, 0) is 24.3 Å². The van der Waals surface area contributed by atoms with E-state index in [2.05, 4.69) is 33.4 Å². The summed E-state index contributed by atoms with van der Waals surface area (Å²) < 4.78 is 10.7. The highest BCUT2D eigenvalue weighted by atomic mass is 32.1. The third-order valence-corrected chi connectivity index (χ3v) is 6.90. The van der Waals surface area contributed by atoms with Crippen LogP contribution in [0.4, 0.5) is 0 Å². The van der Waals surface area contributed by atoms with Crippen LogP contribution in [-0.4, -0.2) is 49.6 Å². The molecule has 2 aromatic rings. The van der Waals surface area contributed by atoms with E-state index in [9.17, 15) is 4.79 Å². The number of hydrogen-bond acceptors (Lipinski definition) is 5. The number of thiophene rings is 1. The van der Waals surface area contributed by atoms with E-state index in [0.717, 1.165) is 63.5 Å². The number of methoxy groups -OCH3 is 2. The molecule has 0 radical (unpaired) electrons. The number of carbonyl (C=O) groups excluding carboxylic acids is 1. The zero-order valence-corrected chi connectivity index (χ0v) is 17.5. The Bertz CT molecular complexity index is 805. The average molecular weight is 401 g/mol. The van der Waals surface area contributed by atoms with Crippen molar-refractivity contribution in [2.45, 2.75) is 32.4 Å². The van der Waals surface area contributed by atoms with E-state index < -0.39 is 0 Å². The van der Waals surface area contributed by atoms with Gasteiger partial charge in [-0.25, -0.2) is 0 Å². The van der Waals surface area contributed by atoms with Crippen LogP contribution in [0.2, 0.25) is 0 Å². The van der Waals surface area contributed by atoms with Crippen molar-refractivity contribution in [2.75, 3.05) is 33.9 Å². The summed E-state index contributed by atoms with van der Waals surface area (Å²) in [5, 5.41) is 2.14. The van der Waals surface area contributed by atoms with Gasteiger partial charge >= 0.3 is 0 Å². The van der Waals surface area contributed by atoms with Crippen molar-refractivity contribution in [2.24, 2.45) is 5.92 Å². The molecule has 150 valence electrons. The standard InChI is InChI=1S/C22H28N2O3S/c1-26-19-11-16(12-20(13-19)27-2)14-23-7-3-17(4-8-23)22(25)24-9-5-21-18(15-24)6-10-28-21/h6,10-13,17H,3-5,7-9,14-15H2,1-2H3. The second kappa shape index (κ2) is 8.53. The van der Waals surface area contributed by atoms with Gasteiger partial charge in [-0.2, -0.15) is 0 Å². The van der Waals surface area contributed by atoms with Crippen molar-refractivity contribution < 1.29 is 14.3 Å². The van der Waals surface area contributed by atoms with E-state index >= 15 is 0 Å². The molecule has 0 atom stereocenters. The molecule has 1 fully saturated rings. The number of amides is 1. The lowest BCUT2D eigenvalue weighted by Gasteiger charge is -2.35. The molecule has 1 amide bonds. The first-order valence-corrected chi connectivity index (χ1v) is 10.8. The smallest absolute Gasteiger partial charge is 0.226 e. The van der Waals surface area contributed by atoms with Crippen molar-refractivity contribution in [3.63, 3.8) is 0 Å². The molecule has 1 aromatic carbocycles. The molecule has 28 heavy (non-hydrogen) atoms. The summed E-state index contributed by atoms with van der Waals surface area (Å²) in [5.74, 6) is 2.14. The summed E-state index contributed by atoms with van der Waals surface area (Å²) in [4.78, 5) is 18.9.